The number of halogens is 4. The molecule has 0 radical (unpaired) electrons. The number of hydrogen-bond acceptors (Lipinski definition) is 1. The molecular formula is C14H18BF4KO. The molecule has 1 aromatic carbocycles. The standard InChI is InChI=1S/C14H18BF4O.K/c1-9-3-5-12(7-10(9)2)20-14-8-11(16)4-6-13(14)15(17,18)19;/h4,6,8-10,12H,3,5,7H2,1-2H3;/q-1;+1. The van der Waals surface area contributed by atoms with E-state index in [9.17, 15) is 17.3 Å². The van der Waals surface area contributed by atoms with Crippen LogP contribution < -0.4 is 61.6 Å². The topological polar surface area (TPSA) is 9.23 Å². The molecule has 3 unspecified atom stereocenters. The van der Waals surface area contributed by atoms with Crippen molar-refractivity contribution >= 4 is 12.4 Å². The van der Waals surface area contributed by atoms with Gasteiger partial charge in [-0.25, -0.2) is 4.39 Å². The summed E-state index contributed by atoms with van der Waals surface area (Å²) in [6.45, 7) is -0.993. The number of ether oxygens (including phenoxy) is 1. The summed E-state index contributed by atoms with van der Waals surface area (Å²) in [7, 11) is 0. The summed E-state index contributed by atoms with van der Waals surface area (Å²) in [5.74, 6) is -0.124. The van der Waals surface area contributed by atoms with Gasteiger partial charge in [0.25, 0.3) is 0 Å². The van der Waals surface area contributed by atoms with Gasteiger partial charge in [-0.3, -0.25) is 0 Å². The van der Waals surface area contributed by atoms with Crippen LogP contribution in [0.15, 0.2) is 18.2 Å². The van der Waals surface area contributed by atoms with Gasteiger partial charge in [-0.2, -0.15) is 0 Å². The fourth-order valence-corrected chi connectivity index (χ4v) is 2.67. The van der Waals surface area contributed by atoms with Crippen LogP contribution >= 0.6 is 0 Å². The van der Waals surface area contributed by atoms with Crippen molar-refractivity contribution in [3.05, 3.63) is 24.0 Å². The van der Waals surface area contributed by atoms with Crippen LogP contribution in [0.5, 0.6) is 5.75 Å². The molecule has 1 nitrogen and oxygen atoms in total. The minimum Gasteiger partial charge on any atom is -0.493 e. The molecular weight excluding hydrogens is 310 g/mol. The van der Waals surface area contributed by atoms with Gasteiger partial charge in [0.2, 0.25) is 0 Å². The third-order valence-corrected chi connectivity index (χ3v) is 4.17. The van der Waals surface area contributed by atoms with Crippen LogP contribution in [0.25, 0.3) is 0 Å². The molecule has 0 heterocycles. The third-order valence-electron chi connectivity index (χ3n) is 4.17. The van der Waals surface area contributed by atoms with Crippen molar-refractivity contribution in [3.8, 4) is 5.75 Å². The Morgan fingerprint density at radius 1 is 1.10 bits per heavy atom. The molecule has 0 amide bonds. The Kier molecular flexibility index (Phi) is 7.25. The summed E-state index contributed by atoms with van der Waals surface area (Å²) in [4.78, 5) is 0. The van der Waals surface area contributed by atoms with Crippen LogP contribution in [-0.4, -0.2) is 13.1 Å². The van der Waals surface area contributed by atoms with Crippen LogP contribution in [0.1, 0.15) is 33.1 Å². The summed E-state index contributed by atoms with van der Waals surface area (Å²) < 4.78 is 57.5. The Bertz CT molecular complexity index is 481. The molecule has 1 fully saturated rings. The summed E-state index contributed by atoms with van der Waals surface area (Å²) in [5, 5.41) is 0. The monoisotopic (exact) mass is 328 g/mol. The molecule has 7 heteroatoms. The minimum atomic E-state index is -5.20. The largest absolute Gasteiger partial charge is 1.00 e. The maximum absolute atomic E-state index is 13.2. The van der Waals surface area contributed by atoms with E-state index in [1.54, 1.807) is 0 Å². The minimum absolute atomic E-state index is 0. The van der Waals surface area contributed by atoms with Gasteiger partial charge in [0.05, 0.1) is 11.9 Å². The Hall–Kier alpha value is 0.441. The summed E-state index contributed by atoms with van der Waals surface area (Å²) in [5.41, 5.74) is -0.849. The van der Waals surface area contributed by atoms with Gasteiger partial charge in [-0.1, -0.05) is 25.4 Å². The predicted molar refractivity (Wildman–Crippen MR) is 71.7 cm³/mol. The second-order valence-corrected chi connectivity index (χ2v) is 5.76. The van der Waals surface area contributed by atoms with E-state index in [0.29, 0.717) is 24.7 Å². The van der Waals surface area contributed by atoms with E-state index >= 15 is 0 Å². The van der Waals surface area contributed by atoms with Gasteiger partial charge in [0, 0.05) is 6.07 Å². The Morgan fingerprint density at radius 3 is 2.33 bits per heavy atom. The fourth-order valence-electron chi connectivity index (χ4n) is 2.67. The molecule has 21 heavy (non-hydrogen) atoms. The van der Waals surface area contributed by atoms with Gasteiger partial charge in [0.1, 0.15) is 5.82 Å². The van der Waals surface area contributed by atoms with E-state index in [2.05, 4.69) is 13.8 Å². The normalized spacial score (nSPS) is 26.1. The first-order chi connectivity index (χ1) is 9.27. The van der Waals surface area contributed by atoms with Crippen LogP contribution in [0.2, 0.25) is 0 Å². The Balaban J connectivity index is 0.00000220. The molecule has 1 aliphatic carbocycles. The molecule has 112 valence electrons. The van der Waals surface area contributed by atoms with Crippen LogP contribution in [0, 0.1) is 17.7 Å². The van der Waals surface area contributed by atoms with Gasteiger partial charge < -0.3 is 17.7 Å². The quantitative estimate of drug-likeness (QED) is 0.596. The predicted octanol–water partition coefficient (Wildman–Crippen LogP) is 1.09. The molecule has 0 aromatic heterocycles. The molecule has 0 saturated heterocycles. The molecule has 2 rings (SSSR count). The SMILES string of the molecule is CC1CCC(Oc2cc(F)ccc2[B-](F)(F)F)CC1C.[K+]. The number of benzene rings is 1. The maximum atomic E-state index is 13.2. The number of rotatable bonds is 3. The molecule has 0 aliphatic heterocycles. The summed E-state index contributed by atoms with van der Waals surface area (Å²) in [6.07, 6.45) is 2.09. The average molecular weight is 328 g/mol. The van der Waals surface area contributed by atoms with Crippen molar-refractivity contribution < 1.29 is 73.5 Å². The molecule has 3 atom stereocenters. The zero-order valence-corrected chi connectivity index (χ0v) is 15.7. The van der Waals surface area contributed by atoms with E-state index in [0.717, 1.165) is 24.6 Å². The fraction of sp³-hybridized carbons (Fsp3) is 0.571. The van der Waals surface area contributed by atoms with E-state index in [4.69, 9.17) is 4.74 Å². The second kappa shape index (κ2) is 7.82. The van der Waals surface area contributed by atoms with Crippen molar-refractivity contribution in [1.82, 2.24) is 0 Å². The van der Waals surface area contributed by atoms with E-state index in [-0.39, 0.29) is 63.2 Å². The first-order valence-electron chi connectivity index (χ1n) is 6.93. The number of hydrogen-bond donors (Lipinski definition) is 0. The molecule has 1 saturated carbocycles. The van der Waals surface area contributed by atoms with Crippen molar-refractivity contribution in [2.24, 2.45) is 11.8 Å². The zero-order valence-electron chi connectivity index (χ0n) is 12.6. The Labute approximate surface area is 165 Å². The molecule has 1 aromatic rings. The van der Waals surface area contributed by atoms with Gasteiger partial charge in [0.15, 0.2) is 0 Å². The Morgan fingerprint density at radius 2 is 1.76 bits per heavy atom. The third kappa shape index (κ3) is 5.23. The maximum Gasteiger partial charge on any atom is 1.00 e. The molecule has 0 bridgehead atoms. The van der Waals surface area contributed by atoms with Crippen LogP contribution in [0.3, 0.4) is 0 Å². The first-order valence-corrected chi connectivity index (χ1v) is 6.93. The average Bonchev–Trinajstić information content (AvgIpc) is 2.32. The second-order valence-electron chi connectivity index (χ2n) is 5.76. The van der Waals surface area contributed by atoms with Gasteiger partial charge >= 0.3 is 58.4 Å². The molecule has 0 N–H and O–H groups in total. The molecule has 1 aliphatic rings. The van der Waals surface area contributed by atoms with E-state index in [1.165, 1.54) is 0 Å². The van der Waals surface area contributed by atoms with Gasteiger partial charge in [-0.15, -0.1) is 0 Å². The smallest absolute Gasteiger partial charge is 0.493 e. The summed E-state index contributed by atoms with van der Waals surface area (Å²) in [6, 6.07) is 2.43. The van der Waals surface area contributed by atoms with Crippen molar-refractivity contribution in [2.75, 3.05) is 0 Å². The van der Waals surface area contributed by atoms with Crippen LogP contribution in [0.4, 0.5) is 17.3 Å². The van der Waals surface area contributed by atoms with Crippen molar-refractivity contribution in [3.63, 3.8) is 0 Å². The summed E-state index contributed by atoms with van der Waals surface area (Å²) >= 11 is 0. The van der Waals surface area contributed by atoms with E-state index in [1.807, 2.05) is 0 Å². The van der Waals surface area contributed by atoms with Gasteiger partial charge in [-0.05, 0) is 37.2 Å². The zero-order chi connectivity index (χ0) is 14.9. The van der Waals surface area contributed by atoms with Crippen molar-refractivity contribution in [2.45, 2.75) is 39.2 Å². The van der Waals surface area contributed by atoms with Crippen molar-refractivity contribution in [1.29, 1.82) is 0 Å². The van der Waals surface area contributed by atoms with E-state index < -0.39 is 18.3 Å². The first kappa shape index (κ1) is 19.5. The van der Waals surface area contributed by atoms with Crippen LogP contribution in [-0.2, 0) is 0 Å². The molecule has 0 spiro atoms.